The molecule has 0 radical (unpaired) electrons. The van der Waals surface area contributed by atoms with Gasteiger partial charge in [0.15, 0.2) is 0 Å². The Morgan fingerprint density at radius 2 is 2.06 bits per heavy atom. The molecule has 1 unspecified atom stereocenters. The fraction of sp³-hybridized carbons (Fsp3) is 0.667. The zero-order valence-corrected chi connectivity index (χ0v) is 11.9. The van der Waals surface area contributed by atoms with Gasteiger partial charge in [-0.25, -0.2) is 4.79 Å². The Balaban J connectivity index is 3.92. The zero-order chi connectivity index (χ0) is 12.4. The SMILES string of the molecule is C=CC(=O)OCCC[Si](OC)(OC)OCP. The predicted octanol–water partition coefficient (Wildman–Crippen LogP) is 1.19. The molecule has 0 aliphatic rings. The van der Waals surface area contributed by atoms with E-state index >= 15 is 0 Å². The van der Waals surface area contributed by atoms with Gasteiger partial charge in [0.1, 0.15) is 0 Å². The number of hydrogen-bond donors (Lipinski definition) is 0. The lowest BCUT2D eigenvalue weighted by Crippen LogP contribution is -2.43. The highest BCUT2D eigenvalue weighted by Crippen LogP contribution is 2.16. The third-order valence-corrected chi connectivity index (χ3v) is 5.28. The average Bonchev–Trinajstić information content (AvgIpc) is 2.32. The second-order valence-corrected chi connectivity index (χ2v) is 6.18. The molecule has 5 nitrogen and oxygen atoms in total. The molecule has 0 heterocycles. The van der Waals surface area contributed by atoms with Crippen LogP contribution in [-0.4, -0.2) is 41.9 Å². The predicted molar refractivity (Wildman–Crippen MR) is 66.0 cm³/mol. The van der Waals surface area contributed by atoms with Crippen molar-refractivity contribution in [1.29, 1.82) is 0 Å². The normalized spacial score (nSPS) is 11.2. The quantitative estimate of drug-likeness (QED) is 0.206. The Labute approximate surface area is 99.7 Å². The Morgan fingerprint density at radius 3 is 2.50 bits per heavy atom. The minimum absolute atomic E-state index is 0.312. The molecule has 0 rings (SSSR count). The molecule has 0 saturated heterocycles. The molecule has 0 aromatic heterocycles. The van der Waals surface area contributed by atoms with E-state index in [1.165, 1.54) is 0 Å². The summed E-state index contributed by atoms with van der Waals surface area (Å²) in [5.74, 6) is -0.422. The van der Waals surface area contributed by atoms with Gasteiger partial charge in [0.2, 0.25) is 0 Å². The largest absolute Gasteiger partial charge is 0.500 e. The van der Waals surface area contributed by atoms with Crippen molar-refractivity contribution in [2.24, 2.45) is 0 Å². The number of ether oxygens (including phenoxy) is 1. The van der Waals surface area contributed by atoms with Gasteiger partial charge in [0.25, 0.3) is 0 Å². The van der Waals surface area contributed by atoms with E-state index in [-0.39, 0.29) is 0 Å². The first-order chi connectivity index (χ1) is 7.64. The fourth-order valence-electron chi connectivity index (χ4n) is 1.12. The van der Waals surface area contributed by atoms with Crippen molar-refractivity contribution < 1.29 is 22.8 Å². The van der Waals surface area contributed by atoms with Crippen LogP contribution in [-0.2, 0) is 22.8 Å². The van der Waals surface area contributed by atoms with Gasteiger partial charge >= 0.3 is 14.8 Å². The first kappa shape index (κ1) is 15.7. The summed E-state index contributed by atoms with van der Waals surface area (Å²) in [6.45, 7) is 3.62. The van der Waals surface area contributed by atoms with E-state index in [0.717, 1.165) is 6.08 Å². The standard InChI is InChI=1S/C9H19O5PSi/c1-4-9(10)13-6-5-7-16(11-2,12-3)14-8-15/h4H,1,5-8,15H2,2-3H3. The minimum Gasteiger partial charge on any atom is -0.463 e. The third kappa shape index (κ3) is 5.72. The van der Waals surface area contributed by atoms with Crippen LogP contribution in [0.15, 0.2) is 12.7 Å². The highest BCUT2D eigenvalue weighted by Gasteiger charge is 2.37. The van der Waals surface area contributed by atoms with E-state index in [4.69, 9.17) is 18.0 Å². The second kappa shape index (κ2) is 8.84. The number of hydrogen-bond acceptors (Lipinski definition) is 5. The summed E-state index contributed by atoms with van der Waals surface area (Å²) in [6.07, 6.45) is 2.23. The van der Waals surface area contributed by atoms with Crippen LogP contribution in [0.4, 0.5) is 0 Å². The highest BCUT2D eigenvalue weighted by molar-refractivity contribution is 7.16. The summed E-state index contributed by atoms with van der Waals surface area (Å²) >= 11 is 0. The lowest BCUT2D eigenvalue weighted by atomic mass is 10.5. The molecule has 16 heavy (non-hydrogen) atoms. The van der Waals surface area contributed by atoms with Gasteiger partial charge in [-0.3, -0.25) is 0 Å². The van der Waals surface area contributed by atoms with Crippen LogP contribution in [0, 0.1) is 0 Å². The van der Waals surface area contributed by atoms with Crippen molar-refractivity contribution in [3.8, 4) is 0 Å². The molecule has 0 fully saturated rings. The first-order valence-corrected chi connectivity index (χ1v) is 7.62. The van der Waals surface area contributed by atoms with Crippen molar-refractivity contribution >= 4 is 24.0 Å². The lowest BCUT2D eigenvalue weighted by molar-refractivity contribution is -0.137. The van der Waals surface area contributed by atoms with Crippen LogP contribution in [0.2, 0.25) is 6.04 Å². The van der Waals surface area contributed by atoms with Crippen LogP contribution in [0.5, 0.6) is 0 Å². The van der Waals surface area contributed by atoms with E-state index < -0.39 is 14.8 Å². The van der Waals surface area contributed by atoms with Crippen molar-refractivity contribution in [2.45, 2.75) is 12.5 Å². The number of esters is 1. The van der Waals surface area contributed by atoms with Crippen molar-refractivity contribution in [1.82, 2.24) is 0 Å². The van der Waals surface area contributed by atoms with Gasteiger partial charge in [0.05, 0.1) is 13.0 Å². The van der Waals surface area contributed by atoms with Crippen molar-refractivity contribution in [3.05, 3.63) is 12.7 Å². The smallest absolute Gasteiger partial charge is 0.463 e. The molecule has 7 heteroatoms. The van der Waals surface area contributed by atoms with Crippen LogP contribution in [0.3, 0.4) is 0 Å². The van der Waals surface area contributed by atoms with E-state index in [0.29, 0.717) is 25.4 Å². The molecule has 0 aliphatic heterocycles. The molecular formula is C9H19O5PSi. The third-order valence-electron chi connectivity index (χ3n) is 1.96. The first-order valence-electron chi connectivity index (χ1n) is 4.87. The number of carbonyl (C=O) groups excluding carboxylic acids is 1. The Kier molecular flexibility index (Phi) is 8.69. The zero-order valence-electron chi connectivity index (χ0n) is 9.73. The van der Waals surface area contributed by atoms with Gasteiger partial charge in [-0.1, -0.05) is 6.58 Å². The second-order valence-electron chi connectivity index (χ2n) is 2.88. The molecule has 0 N–H and O–H groups in total. The molecule has 0 aromatic rings. The van der Waals surface area contributed by atoms with Crippen molar-refractivity contribution in [2.75, 3.05) is 27.2 Å². The summed E-state index contributed by atoms with van der Waals surface area (Å²) in [4.78, 5) is 10.8. The number of carbonyl (C=O) groups is 1. The molecule has 0 bridgehead atoms. The Bertz CT molecular complexity index is 220. The van der Waals surface area contributed by atoms with Gasteiger partial charge in [-0.05, 0) is 6.42 Å². The molecule has 0 aliphatic carbocycles. The number of rotatable bonds is 9. The lowest BCUT2D eigenvalue weighted by Gasteiger charge is -2.25. The molecule has 1 atom stereocenters. The molecule has 94 valence electrons. The maximum absolute atomic E-state index is 10.8. The maximum Gasteiger partial charge on any atom is 0.500 e. The van der Waals surface area contributed by atoms with Crippen LogP contribution in [0.25, 0.3) is 0 Å². The summed E-state index contributed by atoms with van der Waals surface area (Å²) < 4.78 is 20.9. The van der Waals surface area contributed by atoms with E-state index in [9.17, 15) is 4.79 Å². The van der Waals surface area contributed by atoms with Gasteiger partial charge < -0.3 is 18.0 Å². The highest BCUT2D eigenvalue weighted by atomic mass is 31.0. The van der Waals surface area contributed by atoms with E-state index in [1.54, 1.807) is 14.2 Å². The molecule has 0 spiro atoms. The van der Waals surface area contributed by atoms with E-state index in [1.807, 2.05) is 0 Å². The Hall–Kier alpha value is -0.263. The molecule has 0 saturated carbocycles. The summed E-state index contributed by atoms with van der Waals surface area (Å²) in [7, 11) is 3.01. The van der Waals surface area contributed by atoms with Crippen LogP contribution >= 0.6 is 9.24 Å². The summed E-state index contributed by atoms with van der Waals surface area (Å²) in [5.41, 5.74) is 0. The van der Waals surface area contributed by atoms with Crippen LogP contribution < -0.4 is 0 Å². The van der Waals surface area contributed by atoms with E-state index in [2.05, 4.69) is 15.8 Å². The molecule has 0 aromatic carbocycles. The van der Waals surface area contributed by atoms with Gasteiger partial charge in [-0.15, -0.1) is 9.24 Å². The summed E-state index contributed by atoms with van der Waals surface area (Å²) in [5, 5.41) is 0. The topological polar surface area (TPSA) is 54.0 Å². The minimum atomic E-state index is -2.56. The molecular weight excluding hydrogens is 247 g/mol. The molecule has 0 amide bonds. The summed E-state index contributed by atoms with van der Waals surface area (Å²) in [6, 6.07) is 0.610. The average molecular weight is 266 g/mol. The van der Waals surface area contributed by atoms with Gasteiger partial charge in [-0.2, -0.15) is 0 Å². The van der Waals surface area contributed by atoms with Crippen LogP contribution in [0.1, 0.15) is 6.42 Å². The monoisotopic (exact) mass is 266 g/mol. The van der Waals surface area contributed by atoms with Crippen molar-refractivity contribution in [3.63, 3.8) is 0 Å². The Morgan fingerprint density at radius 1 is 1.44 bits per heavy atom. The van der Waals surface area contributed by atoms with Gasteiger partial charge in [0, 0.05) is 26.3 Å². The fourth-order valence-corrected chi connectivity index (χ4v) is 3.67. The maximum atomic E-state index is 10.8.